The normalized spacial score (nSPS) is 14.3. The quantitative estimate of drug-likeness (QED) is 0.415. The van der Waals surface area contributed by atoms with Crippen molar-refractivity contribution >= 4 is 41.6 Å². The van der Waals surface area contributed by atoms with E-state index in [2.05, 4.69) is 70.0 Å². The third-order valence-corrected chi connectivity index (χ3v) is 11.4. The SMILES string of the molecule is C[C@H](CCSc1nc2ccccc2s1)CO[Si](C)(C)C(C)(C)C. The molecule has 1 aromatic heterocycles. The van der Waals surface area contributed by atoms with E-state index in [9.17, 15) is 0 Å². The Labute approximate surface area is 150 Å². The lowest BCUT2D eigenvalue weighted by Crippen LogP contribution is -2.41. The highest BCUT2D eigenvalue weighted by Gasteiger charge is 2.37. The minimum Gasteiger partial charge on any atom is -0.417 e. The van der Waals surface area contributed by atoms with Crippen LogP contribution in [0.25, 0.3) is 10.2 Å². The summed E-state index contributed by atoms with van der Waals surface area (Å²) in [5.74, 6) is 1.72. The lowest BCUT2D eigenvalue weighted by molar-refractivity contribution is 0.235. The zero-order chi connectivity index (χ0) is 17.1. The molecule has 0 unspecified atom stereocenters. The number of fused-ring (bicyclic) bond motifs is 1. The highest BCUT2D eigenvalue weighted by molar-refractivity contribution is 8.01. The van der Waals surface area contributed by atoms with E-state index >= 15 is 0 Å². The second-order valence-corrected chi connectivity index (χ2v) is 14.9. The Bertz CT molecular complexity index is 600. The number of hydrogen-bond acceptors (Lipinski definition) is 4. The molecular formula is C18H29NOS2Si. The first-order chi connectivity index (χ1) is 10.7. The van der Waals surface area contributed by atoms with Gasteiger partial charge in [-0.15, -0.1) is 11.3 Å². The van der Waals surface area contributed by atoms with Gasteiger partial charge in [0.15, 0.2) is 12.7 Å². The third kappa shape index (κ3) is 5.31. The fourth-order valence-corrected chi connectivity index (χ4v) is 5.35. The van der Waals surface area contributed by atoms with Gasteiger partial charge in [0.1, 0.15) is 0 Å². The zero-order valence-electron chi connectivity index (χ0n) is 15.2. The van der Waals surface area contributed by atoms with E-state index in [1.165, 1.54) is 15.5 Å². The molecule has 0 saturated heterocycles. The van der Waals surface area contributed by atoms with Gasteiger partial charge in [0, 0.05) is 12.4 Å². The van der Waals surface area contributed by atoms with Crippen molar-refractivity contribution in [2.45, 2.75) is 56.6 Å². The van der Waals surface area contributed by atoms with Gasteiger partial charge in [0.2, 0.25) is 0 Å². The fraction of sp³-hybridized carbons (Fsp3) is 0.611. The molecule has 0 bridgehead atoms. The lowest BCUT2D eigenvalue weighted by Gasteiger charge is -2.37. The minimum absolute atomic E-state index is 0.294. The topological polar surface area (TPSA) is 22.1 Å². The molecule has 2 rings (SSSR count). The first-order valence-electron chi connectivity index (χ1n) is 8.31. The highest BCUT2D eigenvalue weighted by atomic mass is 32.2. The standard InChI is InChI=1S/C18H29NOS2Si/c1-14(13-20-23(5,6)18(2,3)4)11-12-21-17-19-15-9-7-8-10-16(15)22-17/h7-10,14H,11-13H2,1-6H3/t14-/m1/s1. The molecule has 2 nitrogen and oxygen atoms in total. The number of aromatic nitrogens is 1. The van der Waals surface area contributed by atoms with Crippen molar-refractivity contribution in [3.8, 4) is 0 Å². The van der Waals surface area contributed by atoms with Crippen molar-refractivity contribution < 1.29 is 4.43 Å². The van der Waals surface area contributed by atoms with Gasteiger partial charge in [0.05, 0.1) is 10.2 Å². The zero-order valence-corrected chi connectivity index (χ0v) is 17.8. The van der Waals surface area contributed by atoms with Gasteiger partial charge in [-0.2, -0.15) is 0 Å². The molecule has 0 radical (unpaired) electrons. The van der Waals surface area contributed by atoms with Crippen LogP contribution in [0.5, 0.6) is 0 Å². The van der Waals surface area contributed by atoms with Gasteiger partial charge >= 0.3 is 0 Å². The Balaban J connectivity index is 1.75. The van der Waals surface area contributed by atoms with E-state index in [0.29, 0.717) is 11.0 Å². The van der Waals surface area contributed by atoms with Crippen LogP contribution >= 0.6 is 23.1 Å². The van der Waals surface area contributed by atoms with Gasteiger partial charge in [0.25, 0.3) is 0 Å². The van der Waals surface area contributed by atoms with Crippen LogP contribution in [0.4, 0.5) is 0 Å². The van der Waals surface area contributed by atoms with Crippen LogP contribution in [-0.4, -0.2) is 25.7 Å². The summed E-state index contributed by atoms with van der Waals surface area (Å²) in [6, 6.07) is 8.37. The van der Waals surface area contributed by atoms with Crippen molar-refractivity contribution in [3.05, 3.63) is 24.3 Å². The number of thiazole rings is 1. The van der Waals surface area contributed by atoms with Gasteiger partial charge < -0.3 is 4.43 Å². The molecule has 0 aliphatic carbocycles. The number of hydrogen-bond donors (Lipinski definition) is 0. The highest BCUT2D eigenvalue weighted by Crippen LogP contribution is 2.37. The van der Waals surface area contributed by atoms with E-state index in [4.69, 9.17) is 4.43 Å². The van der Waals surface area contributed by atoms with Crippen molar-refractivity contribution in [2.24, 2.45) is 5.92 Å². The van der Waals surface area contributed by atoms with E-state index in [0.717, 1.165) is 17.9 Å². The molecule has 0 aliphatic rings. The van der Waals surface area contributed by atoms with E-state index in [1.807, 2.05) is 11.8 Å². The molecule has 1 atom stereocenters. The molecule has 5 heteroatoms. The first kappa shape index (κ1) is 19.0. The summed E-state index contributed by atoms with van der Waals surface area (Å²) >= 11 is 3.67. The molecule has 1 aromatic carbocycles. The van der Waals surface area contributed by atoms with Crippen LogP contribution in [-0.2, 0) is 4.43 Å². The summed E-state index contributed by atoms with van der Waals surface area (Å²) in [6.45, 7) is 14.7. The van der Waals surface area contributed by atoms with Crippen LogP contribution in [0.2, 0.25) is 18.1 Å². The summed E-state index contributed by atoms with van der Waals surface area (Å²) < 4.78 is 8.79. The van der Waals surface area contributed by atoms with Crippen LogP contribution in [0.15, 0.2) is 28.6 Å². The summed E-state index contributed by atoms with van der Waals surface area (Å²) in [5.41, 5.74) is 1.12. The number of para-hydroxylation sites is 1. The van der Waals surface area contributed by atoms with E-state index in [-0.39, 0.29) is 0 Å². The van der Waals surface area contributed by atoms with Crippen molar-refractivity contribution in [1.82, 2.24) is 4.98 Å². The molecule has 2 aromatic rings. The lowest BCUT2D eigenvalue weighted by atomic mass is 10.1. The van der Waals surface area contributed by atoms with Gasteiger partial charge in [-0.3, -0.25) is 0 Å². The summed E-state index contributed by atoms with van der Waals surface area (Å²) in [6.07, 6.45) is 1.18. The Kier molecular flexibility index (Phi) is 6.33. The average molecular weight is 368 g/mol. The Morgan fingerprint density at radius 2 is 1.96 bits per heavy atom. The third-order valence-electron chi connectivity index (χ3n) is 4.65. The van der Waals surface area contributed by atoms with E-state index < -0.39 is 8.32 Å². The molecule has 23 heavy (non-hydrogen) atoms. The maximum absolute atomic E-state index is 6.32. The number of rotatable bonds is 7. The summed E-state index contributed by atoms with van der Waals surface area (Å²) in [7, 11) is -1.61. The molecule has 0 N–H and O–H groups in total. The molecular weight excluding hydrogens is 338 g/mol. The van der Waals surface area contributed by atoms with Gasteiger partial charge in [-0.05, 0) is 42.6 Å². The van der Waals surface area contributed by atoms with Crippen molar-refractivity contribution in [2.75, 3.05) is 12.4 Å². The first-order valence-corrected chi connectivity index (χ1v) is 13.0. The van der Waals surface area contributed by atoms with Gasteiger partial charge in [-0.25, -0.2) is 4.98 Å². The van der Waals surface area contributed by atoms with Crippen LogP contribution < -0.4 is 0 Å². The number of thioether (sulfide) groups is 1. The molecule has 1 heterocycles. The second kappa shape index (κ2) is 7.68. The second-order valence-electron chi connectivity index (χ2n) is 7.76. The van der Waals surface area contributed by atoms with Crippen LogP contribution in [0.3, 0.4) is 0 Å². The Hall–Kier alpha value is -0.363. The summed E-state index contributed by atoms with van der Waals surface area (Å²) in [5, 5.41) is 0.294. The van der Waals surface area contributed by atoms with Gasteiger partial charge in [-0.1, -0.05) is 51.6 Å². The number of nitrogens with zero attached hydrogens (tertiary/aromatic N) is 1. The molecule has 0 fully saturated rings. The predicted octanol–water partition coefficient (Wildman–Crippen LogP) is 6.44. The molecule has 128 valence electrons. The monoisotopic (exact) mass is 367 g/mol. The fourth-order valence-electron chi connectivity index (χ4n) is 1.91. The van der Waals surface area contributed by atoms with Crippen LogP contribution in [0, 0.1) is 5.92 Å². The largest absolute Gasteiger partial charge is 0.417 e. The molecule has 0 aliphatic heterocycles. The maximum atomic E-state index is 6.32. The predicted molar refractivity (Wildman–Crippen MR) is 107 cm³/mol. The van der Waals surface area contributed by atoms with Crippen molar-refractivity contribution in [1.29, 1.82) is 0 Å². The van der Waals surface area contributed by atoms with Crippen molar-refractivity contribution in [3.63, 3.8) is 0 Å². The van der Waals surface area contributed by atoms with Crippen LogP contribution in [0.1, 0.15) is 34.1 Å². The minimum atomic E-state index is -1.61. The maximum Gasteiger partial charge on any atom is 0.191 e. The molecule has 0 saturated carbocycles. The Morgan fingerprint density at radius 1 is 1.26 bits per heavy atom. The van der Waals surface area contributed by atoms with E-state index in [1.54, 1.807) is 11.3 Å². The summed E-state index contributed by atoms with van der Waals surface area (Å²) in [4.78, 5) is 4.68. The molecule has 0 spiro atoms. The number of benzene rings is 1. The molecule has 0 amide bonds. The Morgan fingerprint density at radius 3 is 2.61 bits per heavy atom. The smallest absolute Gasteiger partial charge is 0.191 e. The average Bonchev–Trinajstić information content (AvgIpc) is 2.86.